The van der Waals surface area contributed by atoms with Crippen molar-refractivity contribution in [1.82, 2.24) is 0 Å². The number of aldehydes is 1. The Balaban J connectivity index is 1.81. The van der Waals surface area contributed by atoms with Crippen LogP contribution >= 0.6 is 0 Å². The first kappa shape index (κ1) is 14.6. The molecule has 5 nitrogen and oxygen atoms in total. The van der Waals surface area contributed by atoms with Gasteiger partial charge in [-0.05, 0) is 53.3 Å². The van der Waals surface area contributed by atoms with E-state index in [2.05, 4.69) is 0 Å². The minimum atomic E-state index is -0.123. The molecule has 1 aliphatic heterocycles. The summed E-state index contributed by atoms with van der Waals surface area (Å²) in [5, 5.41) is 10.2. The molecule has 0 amide bonds. The minimum absolute atomic E-state index is 0.123. The lowest BCUT2D eigenvalue weighted by Crippen LogP contribution is -2.02. The first-order chi connectivity index (χ1) is 11.7. The van der Waals surface area contributed by atoms with Gasteiger partial charge in [-0.25, -0.2) is 0 Å². The van der Waals surface area contributed by atoms with Crippen molar-refractivity contribution in [2.75, 3.05) is 13.9 Å². The van der Waals surface area contributed by atoms with Gasteiger partial charge in [-0.2, -0.15) is 0 Å². The van der Waals surface area contributed by atoms with E-state index in [4.69, 9.17) is 14.2 Å². The van der Waals surface area contributed by atoms with Crippen LogP contribution in [-0.2, 0) is 6.42 Å². The number of carbonyl (C=O) groups excluding carboxylic acids is 1. The Labute approximate surface area is 139 Å². The van der Waals surface area contributed by atoms with Gasteiger partial charge < -0.3 is 19.3 Å². The number of fused-ring (bicyclic) bond motifs is 2. The van der Waals surface area contributed by atoms with E-state index >= 15 is 0 Å². The van der Waals surface area contributed by atoms with Gasteiger partial charge in [0, 0.05) is 0 Å². The maximum atomic E-state index is 11.5. The molecule has 0 aromatic heterocycles. The molecule has 0 radical (unpaired) electrons. The van der Waals surface area contributed by atoms with Crippen LogP contribution in [-0.4, -0.2) is 25.3 Å². The molecule has 1 heterocycles. The molecule has 2 aromatic carbocycles. The molecule has 2 aromatic rings. The van der Waals surface area contributed by atoms with Crippen molar-refractivity contribution in [1.29, 1.82) is 0 Å². The van der Waals surface area contributed by atoms with Crippen LogP contribution in [0.4, 0.5) is 0 Å². The second kappa shape index (κ2) is 5.60. The highest BCUT2D eigenvalue weighted by Gasteiger charge is 2.22. The summed E-state index contributed by atoms with van der Waals surface area (Å²) in [7, 11) is 1.46. The predicted octanol–water partition coefficient (Wildman–Crippen LogP) is 3.43. The summed E-state index contributed by atoms with van der Waals surface area (Å²) in [4.78, 5) is 11.5. The molecule has 4 rings (SSSR count). The number of methoxy groups -OCH3 is 1. The predicted molar refractivity (Wildman–Crippen MR) is 88.8 cm³/mol. The number of hydrogen-bond acceptors (Lipinski definition) is 5. The van der Waals surface area contributed by atoms with E-state index in [1.54, 1.807) is 6.07 Å². The number of aromatic hydroxyl groups is 1. The largest absolute Gasteiger partial charge is 0.504 e. The second-order valence-electron chi connectivity index (χ2n) is 5.77. The Morgan fingerprint density at radius 1 is 1.17 bits per heavy atom. The van der Waals surface area contributed by atoms with Crippen LogP contribution in [0.1, 0.15) is 33.5 Å². The lowest BCUT2D eigenvalue weighted by atomic mass is 9.86. The first-order valence-electron chi connectivity index (χ1n) is 7.70. The van der Waals surface area contributed by atoms with Crippen molar-refractivity contribution in [2.24, 2.45) is 0 Å². The molecule has 2 aliphatic rings. The van der Waals surface area contributed by atoms with Crippen molar-refractivity contribution < 1.29 is 24.1 Å². The Bertz CT molecular complexity index is 867. The van der Waals surface area contributed by atoms with Crippen LogP contribution in [0.25, 0.3) is 11.6 Å². The van der Waals surface area contributed by atoms with Crippen molar-refractivity contribution in [3.05, 3.63) is 46.5 Å². The van der Waals surface area contributed by atoms with E-state index in [1.165, 1.54) is 12.7 Å². The molecule has 0 atom stereocenters. The molecule has 5 heteroatoms. The number of carbonyl (C=O) groups is 1. The maximum Gasteiger partial charge on any atom is 0.231 e. The van der Waals surface area contributed by atoms with Crippen LogP contribution in [0.2, 0.25) is 0 Å². The average Bonchev–Trinajstić information content (AvgIpc) is 3.06. The van der Waals surface area contributed by atoms with E-state index in [0.717, 1.165) is 41.0 Å². The highest BCUT2D eigenvalue weighted by atomic mass is 16.7. The van der Waals surface area contributed by atoms with Crippen molar-refractivity contribution in [3.63, 3.8) is 0 Å². The normalized spacial score (nSPS) is 14.8. The van der Waals surface area contributed by atoms with Gasteiger partial charge in [-0.3, -0.25) is 4.79 Å². The molecular formula is C19H16O5. The van der Waals surface area contributed by atoms with Gasteiger partial charge in [-0.15, -0.1) is 0 Å². The zero-order valence-electron chi connectivity index (χ0n) is 13.2. The standard InChI is InChI=1S/C19H16O5/c1-22-16-5-4-14(15(9-20)19(16)21)12-3-2-11-7-17-18(24-10-23-17)8-13(11)6-12/h4-9,21H,2-3,10H2,1H3. The number of rotatable bonds is 3. The summed E-state index contributed by atoms with van der Waals surface area (Å²) in [5.74, 6) is 1.68. The van der Waals surface area contributed by atoms with Crippen LogP contribution in [0.15, 0.2) is 24.3 Å². The fourth-order valence-corrected chi connectivity index (χ4v) is 3.24. The molecular weight excluding hydrogens is 308 g/mol. The van der Waals surface area contributed by atoms with Gasteiger partial charge >= 0.3 is 0 Å². The SMILES string of the molecule is COc1ccc(C2=Cc3cc4c(cc3CC2)OCO4)c(C=O)c1O. The van der Waals surface area contributed by atoms with E-state index in [1.807, 2.05) is 24.3 Å². The van der Waals surface area contributed by atoms with Gasteiger partial charge in [0.05, 0.1) is 12.7 Å². The lowest BCUT2D eigenvalue weighted by molar-refractivity contribution is 0.112. The van der Waals surface area contributed by atoms with Crippen LogP contribution in [0, 0.1) is 0 Å². The monoisotopic (exact) mass is 324 g/mol. The van der Waals surface area contributed by atoms with E-state index in [-0.39, 0.29) is 18.1 Å². The molecule has 122 valence electrons. The topological polar surface area (TPSA) is 65.0 Å². The molecule has 0 fully saturated rings. The third kappa shape index (κ3) is 2.21. The number of aryl methyl sites for hydroxylation is 1. The Hall–Kier alpha value is -2.95. The molecule has 1 aliphatic carbocycles. The van der Waals surface area contributed by atoms with Gasteiger partial charge in [0.2, 0.25) is 6.79 Å². The fraction of sp³-hybridized carbons (Fsp3) is 0.211. The molecule has 0 spiro atoms. The minimum Gasteiger partial charge on any atom is -0.504 e. The molecule has 0 saturated carbocycles. The number of benzene rings is 2. The zero-order valence-corrected chi connectivity index (χ0v) is 13.2. The Morgan fingerprint density at radius 3 is 2.71 bits per heavy atom. The van der Waals surface area contributed by atoms with Crippen molar-refractivity contribution in [3.8, 4) is 23.0 Å². The molecule has 1 N–H and O–H groups in total. The summed E-state index contributed by atoms with van der Waals surface area (Å²) in [5.41, 5.74) is 4.22. The van der Waals surface area contributed by atoms with Crippen LogP contribution in [0.5, 0.6) is 23.0 Å². The van der Waals surface area contributed by atoms with Crippen LogP contribution in [0.3, 0.4) is 0 Å². The lowest BCUT2D eigenvalue weighted by Gasteiger charge is -2.19. The fourth-order valence-electron chi connectivity index (χ4n) is 3.24. The van der Waals surface area contributed by atoms with Crippen molar-refractivity contribution in [2.45, 2.75) is 12.8 Å². The second-order valence-corrected chi connectivity index (χ2v) is 5.77. The van der Waals surface area contributed by atoms with Crippen molar-refractivity contribution >= 4 is 17.9 Å². The average molecular weight is 324 g/mol. The first-order valence-corrected chi connectivity index (χ1v) is 7.70. The van der Waals surface area contributed by atoms with E-state index in [0.29, 0.717) is 12.0 Å². The van der Waals surface area contributed by atoms with Gasteiger partial charge in [0.25, 0.3) is 0 Å². The van der Waals surface area contributed by atoms with E-state index < -0.39 is 0 Å². The van der Waals surface area contributed by atoms with Gasteiger partial charge in [0.1, 0.15) is 0 Å². The third-order valence-electron chi connectivity index (χ3n) is 4.49. The van der Waals surface area contributed by atoms with Gasteiger partial charge in [-0.1, -0.05) is 12.1 Å². The molecule has 0 unspecified atom stereocenters. The number of phenols is 1. The quantitative estimate of drug-likeness (QED) is 0.876. The zero-order chi connectivity index (χ0) is 16.7. The van der Waals surface area contributed by atoms with Gasteiger partial charge in [0.15, 0.2) is 29.3 Å². The van der Waals surface area contributed by atoms with E-state index in [9.17, 15) is 9.90 Å². The number of hydrogen-bond donors (Lipinski definition) is 1. The summed E-state index contributed by atoms with van der Waals surface area (Å²) in [6, 6.07) is 7.46. The maximum absolute atomic E-state index is 11.5. The summed E-state index contributed by atoms with van der Waals surface area (Å²) in [6.45, 7) is 0.246. The smallest absolute Gasteiger partial charge is 0.231 e. The van der Waals surface area contributed by atoms with Crippen LogP contribution < -0.4 is 14.2 Å². The number of ether oxygens (including phenoxy) is 3. The molecule has 24 heavy (non-hydrogen) atoms. The Morgan fingerprint density at radius 2 is 1.96 bits per heavy atom. The molecule has 0 bridgehead atoms. The highest BCUT2D eigenvalue weighted by Crippen LogP contribution is 2.41. The molecule has 0 saturated heterocycles. The Kier molecular flexibility index (Phi) is 3.41. The summed E-state index contributed by atoms with van der Waals surface area (Å²) in [6.07, 6.45) is 4.32. The summed E-state index contributed by atoms with van der Waals surface area (Å²) >= 11 is 0. The summed E-state index contributed by atoms with van der Waals surface area (Å²) < 4.78 is 15.9. The number of allylic oxidation sites excluding steroid dienone is 1. The highest BCUT2D eigenvalue weighted by molar-refractivity contribution is 5.95. The third-order valence-corrected chi connectivity index (χ3v) is 4.49. The number of phenolic OH excluding ortho intramolecular Hbond substituents is 1.